The van der Waals surface area contributed by atoms with Gasteiger partial charge in [0.25, 0.3) is 5.91 Å². The van der Waals surface area contributed by atoms with Crippen LogP contribution in [0.15, 0.2) is 24.3 Å². The van der Waals surface area contributed by atoms with Gasteiger partial charge in [-0.2, -0.15) is 13.2 Å². The van der Waals surface area contributed by atoms with Crippen LogP contribution in [0.1, 0.15) is 28.8 Å². The van der Waals surface area contributed by atoms with Crippen LogP contribution in [-0.4, -0.2) is 18.1 Å². The molecule has 0 saturated heterocycles. The third-order valence-corrected chi connectivity index (χ3v) is 3.33. The van der Waals surface area contributed by atoms with Gasteiger partial charge in [-0.1, -0.05) is 18.2 Å². The highest BCUT2D eigenvalue weighted by Crippen LogP contribution is 2.41. The molecule has 1 fully saturated rings. The predicted molar refractivity (Wildman–Crippen MR) is 61.2 cm³/mol. The fourth-order valence-corrected chi connectivity index (χ4v) is 2.09. The van der Waals surface area contributed by atoms with Crippen molar-refractivity contribution < 1.29 is 18.0 Å². The summed E-state index contributed by atoms with van der Waals surface area (Å²) in [6.45, 7) is 1.80. The van der Waals surface area contributed by atoms with E-state index in [0.29, 0.717) is 5.56 Å². The van der Waals surface area contributed by atoms with Crippen LogP contribution in [0.4, 0.5) is 13.2 Å². The number of hydrogen-bond donors (Lipinski definition) is 1. The fourth-order valence-electron chi connectivity index (χ4n) is 2.09. The van der Waals surface area contributed by atoms with E-state index in [0.717, 1.165) is 5.56 Å². The number of nitrogens with one attached hydrogen (secondary N) is 1. The molecule has 1 saturated carbocycles. The highest BCUT2D eigenvalue weighted by molar-refractivity contribution is 5.95. The van der Waals surface area contributed by atoms with E-state index in [2.05, 4.69) is 5.32 Å². The number of halogens is 3. The fraction of sp³-hybridized carbons (Fsp3) is 0.462. The summed E-state index contributed by atoms with van der Waals surface area (Å²) < 4.78 is 36.9. The van der Waals surface area contributed by atoms with Gasteiger partial charge in [0.1, 0.15) is 0 Å². The van der Waals surface area contributed by atoms with E-state index in [1.807, 2.05) is 6.07 Å². The SMILES string of the molecule is Cc1ccccc1C(=O)N[C@H]1C[C@H](C(F)(F)F)C1. The van der Waals surface area contributed by atoms with E-state index < -0.39 is 12.1 Å². The first-order chi connectivity index (χ1) is 8.38. The maximum atomic E-state index is 12.3. The van der Waals surface area contributed by atoms with Gasteiger partial charge in [-0.3, -0.25) is 4.79 Å². The van der Waals surface area contributed by atoms with Gasteiger partial charge in [0.05, 0.1) is 5.92 Å². The first-order valence-corrected chi connectivity index (χ1v) is 5.81. The second-order valence-electron chi connectivity index (χ2n) is 4.70. The van der Waals surface area contributed by atoms with E-state index >= 15 is 0 Å². The van der Waals surface area contributed by atoms with Gasteiger partial charge in [-0.15, -0.1) is 0 Å². The minimum Gasteiger partial charge on any atom is -0.349 e. The number of rotatable bonds is 2. The molecule has 98 valence electrons. The number of amides is 1. The highest BCUT2D eigenvalue weighted by atomic mass is 19.4. The Morgan fingerprint density at radius 3 is 2.44 bits per heavy atom. The summed E-state index contributed by atoms with van der Waals surface area (Å²) in [7, 11) is 0. The van der Waals surface area contributed by atoms with Gasteiger partial charge in [0, 0.05) is 11.6 Å². The molecule has 0 aromatic heterocycles. The third-order valence-electron chi connectivity index (χ3n) is 3.33. The number of benzene rings is 1. The average molecular weight is 257 g/mol. The first kappa shape index (κ1) is 12.9. The standard InChI is InChI=1S/C13H14F3NO/c1-8-4-2-3-5-11(8)12(18)17-10-6-9(7-10)13(14,15)16/h2-5,9-10H,6-7H2,1H3,(H,17,18)/t9-,10-. The van der Waals surface area contributed by atoms with Crippen molar-refractivity contribution in [3.05, 3.63) is 35.4 Å². The van der Waals surface area contributed by atoms with Crippen LogP contribution in [0.3, 0.4) is 0 Å². The zero-order chi connectivity index (χ0) is 13.3. The lowest BCUT2D eigenvalue weighted by molar-refractivity contribution is -0.198. The summed E-state index contributed by atoms with van der Waals surface area (Å²) in [6, 6.07) is 6.67. The van der Waals surface area contributed by atoms with Crippen LogP contribution in [-0.2, 0) is 0 Å². The largest absolute Gasteiger partial charge is 0.391 e. The van der Waals surface area contributed by atoms with Gasteiger partial charge in [0.15, 0.2) is 0 Å². The van der Waals surface area contributed by atoms with Crippen molar-refractivity contribution in [2.24, 2.45) is 5.92 Å². The molecule has 1 aromatic rings. The van der Waals surface area contributed by atoms with Crippen molar-refractivity contribution in [1.29, 1.82) is 0 Å². The topological polar surface area (TPSA) is 29.1 Å². The Morgan fingerprint density at radius 1 is 1.28 bits per heavy atom. The molecule has 0 spiro atoms. The molecule has 0 aliphatic heterocycles. The normalized spacial score (nSPS) is 23.3. The van der Waals surface area contributed by atoms with E-state index in [-0.39, 0.29) is 24.8 Å². The molecule has 1 N–H and O–H groups in total. The molecule has 1 amide bonds. The second-order valence-corrected chi connectivity index (χ2v) is 4.70. The molecule has 2 rings (SSSR count). The lowest BCUT2D eigenvalue weighted by Gasteiger charge is -2.36. The van der Waals surface area contributed by atoms with Crippen LogP contribution in [0.5, 0.6) is 0 Å². The molecule has 0 heterocycles. The Bertz CT molecular complexity index is 450. The molecule has 1 aliphatic rings. The van der Waals surface area contributed by atoms with Crippen molar-refractivity contribution in [3.8, 4) is 0 Å². The van der Waals surface area contributed by atoms with Gasteiger partial charge < -0.3 is 5.32 Å². The minimum absolute atomic E-state index is 0.0128. The molecule has 0 atom stereocenters. The average Bonchev–Trinajstić information content (AvgIpc) is 2.21. The lowest BCUT2D eigenvalue weighted by Crippen LogP contribution is -2.48. The zero-order valence-corrected chi connectivity index (χ0v) is 9.92. The molecule has 0 radical (unpaired) electrons. The van der Waals surface area contributed by atoms with Gasteiger partial charge >= 0.3 is 6.18 Å². The zero-order valence-electron chi connectivity index (χ0n) is 9.92. The van der Waals surface area contributed by atoms with Crippen molar-refractivity contribution in [1.82, 2.24) is 5.32 Å². The summed E-state index contributed by atoms with van der Waals surface area (Å²) in [6.07, 6.45) is -4.16. The number of alkyl halides is 3. The molecular weight excluding hydrogens is 243 g/mol. The van der Waals surface area contributed by atoms with Gasteiger partial charge in [0.2, 0.25) is 0 Å². The Hall–Kier alpha value is -1.52. The highest BCUT2D eigenvalue weighted by Gasteiger charge is 2.48. The van der Waals surface area contributed by atoms with Crippen LogP contribution in [0.25, 0.3) is 0 Å². The molecule has 5 heteroatoms. The minimum atomic E-state index is -4.14. The van der Waals surface area contributed by atoms with Crippen LogP contribution in [0, 0.1) is 12.8 Å². The molecule has 18 heavy (non-hydrogen) atoms. The monoisotopic (exact) mass is 257 g/mol. The quantitative estimate of drug-likeness (QED) is 0.866. The van der Waals surface area contributed by atoms with Crippen LogP contribution >= 0.6 is 0 Å². The summed E-state index contributed by atoms with van der Waals surface area (Å²) >= 11 is 0. The van der Waals surface area contributed by atoms with E-state index in [1.54, 1.807) is 25.1 Å². The van der Waals surface area contributed by atoms with Crippen molar-refractivity contribution in [2.45, 2.75) is 32.0 Å². The Balaban J connectivity index is 1.90. The van der Waals surface area contributed by atoms with Gasteiger partial charge in [-0.25, -0.2) is 0 Å². The smallest absolute Gasteiger partial charge is 0.349 e. The van der Waals surface area contributed by atoms with Gasteiger partial charge in [-0.05, 0) is 31.4 Å². The number of aryl methyl sites for hydroxylation is 1. The molecule has 2 nitrogen and oxygen atoms in total. The van der Waals surface area contributed by atoms with E-state index in [4.69, 9.17) is 0 Å². The number of carbonyl (C=O) groups is 1. The van der Waals surface area contributed by atoms with Crippen LogP contribution < -0.4 is 5.32 Å². The summed E-state index contributed by atoms with van der Waals surface area (Å²) in [5, 5.41) is 2.64. The lowest BCUT2D eigenvalue weighted by atomic mass is 9.79. The van der Waals surface area contributed by atoms with Crippen LogP contribution in [0.2, 0.25) is 0 Å². The summed E-state index contributed by atoms with van der Waals surface area (Å²) in [4.78, 5) is 11.8. The molecule has 0 unspecified atom stereocenters. The van der Waals surface area contributed by atoms with Crippen molar-refractivity contribution in [3.63, 3.8) is 0 Å². The maximum absolute atomic E-state index is 12.3. The maximum Gasteiger partial charge on any atom is 0.391 e. The molecular formula is C13H14F3NO. The van der Waals surface area contributed by atoms with Crippen molar-refractivity contribution >= 4 is 5.91 Å². The van der Waals surface area contributed by atoms with E-state index in [1.165, 1.54) is 0 Å². The summed E-state index contributed by atoms with van der Waals surface area (Å²) in [5.41, 5.74) is 1.34. The molecule has 0 bridgehead atoms. The molecule has 1 aromatic carbocycles. The Kier molecular flexibility index (Phi) is 3.32. The number of hydrogen-bond acceptors (Lipinski definition) is 1. The van der Waals surface area contributed by atoms with Crippen molar-refractivity contribution in [2.75, 3.05) is 0 Å². The predicted octanol–water partition coefficient (Wildman–Crippen LogP) is 3.07. The third kappa shape index (κ3) is 2.66. The Morgan fingerprint density at radius 2 is 1.89 bits per heavy atom. The second kappa shape index (κ2) is 4.63. The number of carbonyl (C=O) groups excluding carboxylic acids is 1. The Labute approximate surface area is 103 Å². The first-order valence-electron chi connectivity index (χ1n) is 5.81. The summed E-state index contributed by atoms with van der Waals surface area (Å²) in [5.74, 6) is -1.56. The molecule has 1 aliphatic carbocycles. The van der Waals surface area contributed by atoms with E-state index in [9.17, 15) is 18.0 Å².